The monoisotopic (exact) mass is 395 g/mol. The van der Waals surface area contributed by atoms with Gasteiger partial charge in [0.05, 0.1) is 0 Å². The van der Waals surface area contributed by atoms with Gasteiger partial charge in [-0.05, 0) is 49.9 Å². The van der Waals surface area contributed by atoms with Crippen LogP contribution in [-0.2, 0) is 0 Å². The van der Waals surface area contributed by atoms with Crippen molar-refractivity contribution in [1.82, 2.24) is 9.80 Å². The van der Waals surface area contributed by atoms with Crippen molar-refractivity contribution < 1.29 is 14.7 Å². The fourth-order valence-electron chi connectivity index (χ4n) is 4.35. The number of carboxylic acid groups (broad SMARTS) is 1. The lowest BCUT2D eigenvalue weighted by Crippen LogP contribution is -2.48. The van der Waals surface area contributed by atoms with E-state index in [2.05, 4.69) is 11.0 Å². The van der Waals surface area contributed by atoms with Crippen LogP contribution in [0.3, 0.4) is 0 Å². The number of hydrogen-bond acceptors (Lipinski definition) is 4. The molecule has 2 aliphatic heterocycles. The average molecular weight is 396 g/mol. The van der Waals surface area contributed by atoms with Crippen LogP contribution in [0.1, 0.15) is 67.4 Å². The number of piperidine rings is 2. The third-order valence-corrected chi connectivity index (χ3v) is 5.83. The molecule has 6 nitrogen and oxygen atoms in total. The number of ketones is 1. The summed E-state index contributed by atoms with van der Waals surface area (Å²) in [4.78, 5) is 27.4. The fourth-order valence-corrected chi connectivity index (χ4v) is 4.35. The molecule has 150 valence electrons. The summed E-state index contributed by atoms with van der Waals surface area (Å²) in [5.41, 5.74) is 8.37. The maximum Gasteiger partial charge on any atom is 0.407 e. The third-order valence-electron chi connectivity index (χ3n) is 5.83. The molecular weight excluding hydrogens is 366 g/mol. The molecule has 3 rings (SSSR count). The predicted octanol–water partition coefficient (Wildman–Crippen LogP) is 3.95. The second-order valence-corrected chi connectivity index (χ2v) is 7.37. The number of carbonyl (C=O) groups is 2. The molecular formula is C20H30ClN3O3. The number of likely N-dealkylation sites (tertiary alicyclic amines) is 2. The van der Waals surface area contributed by atoms with Crippen LogP contribution in [0.4, 0.5) is 10.5 Å². The van der Waals surface area contributed by atoms with Crippen LogP contribution in [0.2, 0.25) is 0 Å². The summed E-state index contributed by atoms with van der Waals surface area (Å²) >= 11 is 0. The minimum absolute atomic E-state index is 0. The molecule has 1 atom stereocenters. The first-order chi connectivity index (χ1) is 12.5. The van der Waals surface area contributed by atoms with E-state index in [1.54, 1.807) is 0 Å². The molecule has 2 saturated heterocycles. The number of benzene rings is 1. The highest BCUT2D eigenvalue weighted by Crippen LogP contribution is 2.36. The van der Waals surface area contributed by atoms with Gasteiger partial charge in [-0.25, -0.2) is 4.79 Å². The zero-order valence-electron chi connectivity index (χ0n) is 15.9. The topological polar surface area (TPSA) is 86.9 Å². The van der Waals surface area contributed by atoms with Crippen molar-refractivity contribution in [2.45, 2.75) is 57.5 Å². The summed E-state index contributed by atoms with van der Waals surface area (Å²) in [6, 6.07) is 6.58. The third kappa shape index (κ3) is 4.74. The second kappa shape index (κ2) is 9.42. The lowest BCUT2D eigenvalue weighted by atomic mass is 9.89. The highest BCUT2D eigenvalue weighted by molar-refractivity contribution is 6.00. The Labute approximate surface area is 167 Å². The van der Waals surface area contributed by atoms with E-state index in [1.165, 1.54) is 17.7 Å². The van der Waals surface area contributed by atoms with Gasteiger partial charge in [0, 0.05) is 42.8 Å². The highest BCUT2D eigenvalue weighted by Gasteiger charge is 2.33. The first kappa shape index (κ1) is 21.5. The molecule has 0 aromatic heterocycles. The van der Waals surface area contributed by atoms with E-state index in [-0.39, 0.29) is 24.2 Å². The number of nitrogen functional groups attached to an aromatic ring is 1. The smallest absolute Gasteiger partial charge is 0.407 e. The summed E-state index contributed by atoms with van der Waals surface area (Å²) in [6.45, 7) is 4.09. The Morgan fingerprint density at radius 1 is 1.15 bits per heavy atom. The molecule has 27 heavy (non-hydrogen) atoms. The number of halogens is 1. The van der Waals surface area contributed by atoms with E-state index in [4.69, 9.17) is 10.8 Å². The Balaban J connectivity index is 0.00000261. The maximum atomic E-state index is 12.2. The Morgan fingerprint density at radius 3 is 2.48 bits per heavy atom. The zero-order valence-corrected chi connectivity index (χ0v) is 16.7. The molecule has 1 amide bonds. The van der Waals surface area contributed by atoms with Gasteiger partial charge >= 0.3 is 6.09 Å². The van der Waals surface area contributed by atoms with Crippen molar-refractivity contribution in [3.8, 4) is 0 Å². The molecule has 0 bridgehead atoms. The van der Waals surface area contributed by atoms with Crippen molar-refractivity contribution in [3.05, 3.63) is 29.3 Å². The number of nitrogens with two attached hydrogens (primary N) is 1. The van der Waals surface area contributed by atoms with Crippen LogP contribution in [-0.4, -0.2) is 52.5 Å². The van der Waals surface area contributed by atoms with Gasteiger partial charge in [-0.2, -0.15) is 0 Å². The summed E-state index contributed by atoms with van der Waals surface area (Å²) in [6.07, 6.45) is 4.80. The average Bonchev–Trinajstić information content (AvgIpc) is 2.68. The Morgan fingerprint density at radius 2 is 1.85 bits per heavy atom. The van der Waals surface area contributed by atoms with E-state index in [1.807, 2.05) is 19.1 Å². The van der Waals surface area contributed by atoms with Crippen molar-refractivity contribution in [2.75, 3.05) is 25.4 Å². The normalized spacial score (nSPS) is 21.5. The molecule has 0 spiro atoms. The van der Waals surface area contributed by atoms with Crippen LogP contribution in [0.5, 0.6) is 0 Å². The standard InChI is InChI=1S/C20H29N3O3.ClH/c1-2-19(24)16-13-14(6-7-17(16)21)18-5-3-4-10-23(18)15-8-11-22(12-9-15)20(25)26;/h6-7,13,15,18H,2-5,8-12,21H2,1H3,(H,25,26);1H. The van der Waals surface area contributed by atoms with Gasteiger partial charge in [-0.15, -0.1) is 12.4 Å². The molecule has 0 aliphatic carbocycles. The Kier molecular flexibility index (Phi) is 7.50. The maximum absolute atomic E-state index is 12.2. The van der Waals surface area contributed by atoms with Gasteiger partial charge in [0.1, 0.15) is 0 Å². The van der Waals surface area contributed by atoms with Crippen molar-refractivity contribution in [1.29, 1.82) is 0 Å². The van der Waals surface area contributed by atoms with E-state index >= 15 is 0 Å². The SMILES string of the molecule is CCC(=O)c1cc(C2CCCCN2C2CCN(C(=O)O)CC2)ccc1N.Cl. The van der Waals surface area contributed by atoms with Crippen LogP contribution in [0, 0.1) is 0 Å². The van der Waals surface area contributed by atoms with E-state index in [9.17, 15) is 9.59 Å². The molecule has 0 radical (unpaired) electrons. The fraction of sp³-hybridized carbons (Fsp3) is 0.600. The van der Waals surface area contributed by atoms with Crippen molar-refractivity contribution >= 4 is 30.0 Å². The van der Waals surface area contributed by atoms with Crippen molar-refractivity contribution in [3.63, 3.8) is 0 Å². The second-order valence-electron chi connectivity index (χ2n) is 7.37. The van der Waals surface area contributed by atoms with E-state index in [0.717, 1.165) is 31.4 Å². The summed E-state index contributed by atoms with van der Waals surface area (Å²) in [5, 5.41) is 9.17. The van der Waals surface area contributed by atoms with E-state index in [0.29, 0.717) is 36.8 Å². The Bertz CT molecular complexity index is 674. The van der Waals surface area contributed by atoms with Gasteiger partial charge in [0.15, 0.2) is 5.78 Å². The minimum Gasteiger partial charge on any atom is -0.465 e. The summed E-state index contributed by atoms with van der Waals surface area (Å²) in [5.74, 6) is 0.0847. The molecule has 2 heterocycles. The molecule has 1 unspecified atom stereocenters. The quantitative estimate of drug-likeness (QED) is 0.595. The summed E-state index contributed by atoms with van der Waals surface area (Å²) < 4.78 is 0. The molecule has 1 aromatic rings. The van der Waals surface area contributed by atoms with Gasteiger partial charge < -0.3 is 15.7 Å². The number of nitrogens with zero attached hydrogens (tertiary/aromatic N) is 2. The van der Waals surface area contributed by atoms with Gasteiger partial charge in [0.25, 0.3) is 0 Å². The number of hydrogen-bond donors (Lipinski definition) is 2. The summed E-state index contributed by atoms with van der Waals surface area (Å²) in [7, 11) is 0. The minimum atomic E-state index is -0.820. The molecule has 7 heteroatoms. The largest absolute Gasteiger partial charge is 0.465 e. The number of amides is 1. The van der Waals surface area contributed by atoms with Gasteiger partial charge in [0.2, 0.25) is 0 Å². The van der Waals surface area contributed by atoms with Gasteiger partial charge in [-0.3, -0.25) is 9.69 Å². The van der Waals surface area contributed by atoms with Crippen LogP contribution >= 0.6 is 12.4 Å². The zero-order chi connectivity index (χ0) is 18.7. The van der Waals surface area contributed by atoms with Crippen molar-refractivity contribution in [2.24, 2.45) is 0 Å². The molecule has 0 saturated carbocycles. The van der Waals surface area contributed by atoms with Crippen LogP contribution < -0.4 is 5.73 Å². The molecule has 2 aliphatic rings. The van der Waals surface area contributed by atoms with Crippen LogP contribution in [0.25, 0.3) is 0 Å². The number of carbonyl (C=O) groups excluding carboxylic acids is 1. The number of rotatable bonds is 4. The first-order valence-corrected chi connectivity index (χ1v) is 9.67. The lowest BCUT2D eigenvalue weighted by Gasteiger charge is -2.44. The molecule has 2 fully saturated rings. The highest BCUT2D eigenvalue weighted by atomic mass is 35.5. The number of anilines is 1. The predicted molar refractivity (Wildman–Crippen MR) is 109 cm³/mol. The van der Waals surface area contributed by atoms with Gasteiger partial charge in [-0.1, -0.05) is 19.4 Å². The van der Waals surface area contributed by atoms with Crippen LogP contribution in [0.15, 0.2) is 18.2 Å². The van der Waals surface area contributed by atoms with E-state index < -0.39 is 6.09 Å². The molecule has 3 N–H and O–H groups in total. The lowest BCUT2D eigenvalue weighted by molar-refractivity contribution is 0.0497. The Hall–Kier alpha value is -1.79. The number of Topliss-reactive ketones (excluding diaryl/α,β-unsaturated/α-hetero) is 1. The first-order valence-electron chi connectivity index (χ1n) is 9.67. The molecule has 1 aromatic carbocycles.